The first-order valence-electron chi connectivity index (χ1n) is 13.8. The molecule has 2 saturated heterocycles. The standard InChI is InChI=1S/C32H36N2O6/c35-30(40-22-25-14-16-33(17-15-25)19-24-8-3-1-4-9-24)32(38,27-10-5-2-6-11-27)28-12-7-13-29(18-28)39-23-26-20-34(21-26)31(36)37/h1-13,18,25-26,38H,14-17,19-23H2,(H,36,37)/t32-/m0/s1. The summed E-state index contributed by atoms with van der Waals surface area (Å²) in [4.78, 5) is 28.3. The van der Waals surface area contributed by atoms with Gasteiger partial charge in [0.1, 0.15) is 5.75 Å². The van der Waals surface area contributed by atoms with Gasteiger partial charge in [0.05, 0.1) is 13.2 Å². The average Bonchev–Trinajstić information content (AvgIpc) is 2.96. The Morgan fingerprint density at radius 3 is 2.15 bits per heavy atom. The minimum atomic E-state index is -1.99. The number of carbonyl (C=O) groups is 2. The molecule has 0 spiro atoms. The van der Waals surface area contributed by atoms with E-state index >= 15 is 0 Å². The number of amides is 1. The summed E-state index contributed by atoms with van der Waals surface area (Å²) in [5, 5.41) is 20.9. The molecule has 3 aromatic carbocycles. The van der Waals surface area contributed by atoms with E-state index in [1.165, 1.54) is 10.5 Å². The lowest BCUT2D eigenvalue weighted by Gasteiger charge is -2.36. The number of ether oxygens (including phenoxy) is 2. The lowest BCUT2D eigenvalue weighted by atomic mass is 9.86. The van der Waals surface area contributed by atoms with Gasteiger partial charge in [-0.1, -0.05) is 72.8 Å². The first-order valence-corrected chi connectivity index (χ1v) is 13.8. The highest BCUT2D eigenvalue weighted by molar-refractivity contribution is 5.85. The smallest absolute Gasteiger partial charge is 0.407 e. The number of aliphatic hydroxyl groups is 1. The molecule has 5 rings (SSSR count). The van der Waals surface area contributed by atoms with E-state index in [4.69, 9.17) is 14.6 Å². The molecule has 2 fully saturated rings. The maximum atomic E-state index is 13.6. The van der Waals surface area contributed by atoms with E-state index in [0.717, 1.165) is 32.5 Å². The number of likely N-dealkylation sites (tertiary alicyclic amines) is 2. The van der Waals surface area contributed by atoms with Crippen LogP contribution in [0, 0.1) is 11.8 Å². The molecule has 0 aliphatic carbocycles. The molecule has 210 valence electrons. The number of carboxylic acid groups (broad SMARTS) is 1. The third kappa shape index (κ3) is 6.46. The summed E-state index contributed by atoms with van der Waals surface area (Å²) in [6.07, 6.45) is 0.920. The van der Waals surface area contributed by atoms with Gasteiger partial charge in [-0.3, -0.25) is 4.90 Å². The van der Waals surface area contributed by atoms with Crippen LogP contribution in [0.4, 0.5) is 4.79 Å². The second-order valence-electron chi connectivity index (χ2n) is 10.8. The Balaban J connectivity index is 1.21. The molecule has 2 N–H and O–H groups in total. The Bertz CT molecular complexity index is 1270. The minimum Gasteiger partial charge on any atom is -0.493 e. The lowest BCUT2D eigenvalue weighted by molar-refractivity contribution is -0.164. The SMILES string of the molecule is O=C(O)N1CC(COc2cccc([C@](O)(C(=O)OCC3CCN(Cc4ccccc4)CC3)c3ccccc3)c2)C1. The van der Waals surface area contributed by atoms with Gasteiger partial charge in [-0.2, -0.15) is 0 Å². The van der Waals surface area contributed by atoms with E-state index in [0.29, 0.717) is 36.6 Å². The zero-order valence-corrected chi connectivity index (χ0v) is 22.5. The molecular formula is C32H36N2O6. The molecule has 1 amide bonds. The zero-order valence-electron chi connectivity index (χ0n) is 22.5. The Labute approximate surface area is 234 Å². The van der Waals surface area contributed by atoms with Gasteiger partial charge in [-0.15, -0.1) is 0 Å². The second kappa shape index (κ2) is 12.5. The number of piperidine rings is 1. The molecular weight excluding hydrogens is 508 g/mol. The summed E-state index contributed by atoms with van der Waals surface area (Å²) in [6, 6.07) is 26.1. The van der Waals surface area contributed by atoms with Crippen LogP contribution in [0.15, 0.2) is 84.9 Å². The van der Waals surface area contributed by atoms with E-state index < -0.39 is 17.7 Å². The summed E-state index contributed by atoms with van der Waals surface area (Å²) < 4.78 is 11.7. The highest BCUT2D eigenvalue weighted by atomic mass is 16.5. The summed E-state index contributed by atoms with van der Waals surface area (Å²) >= 11 is 0. The molecule has 2 aliphatic rings. The van der Waals surface area contributed by atoms with Crippen LogP contribution in [0.25, 0.3) is 0 Å². The maximum Gasteiger partial charge on any atom is 0.407 e. The monoisotopic (exact) mass is 544 g/mol. The number of carbonyl (C=O) groups excluding carboxylic acids is 1. The average molecular weight is 545 g/mol. The van der Waals surface area contributed by atoms with Crippen molar-refractivity contribution in [3.8, 4) is 5.75 Å². The molecule has 0 aromatic heterocycles. The molecule has 0 unspecified atom stereocenters. The number of hydrogen-bond acceptors (Lipinski definition) is 6. The number of nitrogens with zero attached hydrogens (tertiary/aromatic N) is 2. The molecule has 3 aromatic rings. The minimum absolute atomic E-state index is 0.108. The fourth-order valence-corrected chi connectivity index (χ4v) is 5.39. The van der Waals surface area contributed by atoms with E-state index in [1.54, 1.807) is 48.5 Å². The maximum absolute atomic E-state index is 13.6. The van der Waals surface area contributed by atoms with E-state index in [9.17, 15) is 14.7 Å². The van der Waals surface area contributed by atoms with Crippen molar-refractivity contribution >= 4 is 12.1 Å². The summed E-state index contributed by atoms with van der Waals surface area (Å²) in [7, 11) is 0. The second-order valence-corrected chi connectivity index (χ2v) is 10.8. The Morgan fingerprint density at radius 1 is 0.825 bits per heavy atom. The quantitative estimate of drug-likeness (QED) is 0.366. The molecule has 40 heavy (non-hydrogen) atoms. The Morgan fingerprint density at radius 2 is 1.48 bits per heavy atom. The van der Waals surface area contributed by atoms with Crippen molar-refractivity contribution in [2.45, 2.75) is 25.0 Å². The lowest BCUT2D eigenvalue weighted by Crippen LogP contribution is -2.51. The summed E-state index contributed by atoms with van der Waals surface area (Å²) in [6.45, 7) is 4.25. The van der Waals surface area contributed by atoms with Crippen LogP contribution in [-0.2, 0) is 21.7 Å². The normalized spacial score (nSPS) is 18.0. The number of benzene rings is 3. The van der Waals surface area contributed by atoms with Crippen LogP contribution in [0.3, 0.4) is 0 Å². The van der Waals surface area contributed by atoms with Gasteiger partial charge in [0.15, 0.2) is 0 Å². The number of hydrogen-bond donors (Lipinski definition) is 2. The molecule has 8 nitrogen and oxygen atoms in total. The number of rotatable bonds is 10. The summed E-state index contributed by atoms with van der Waals surface area (Å²) in [5.74, 6) is 0.133. The highest BCUT2D eigenvalue weighted by Crippen LogP contribution is 2.34. The summed E-state index contributed by atoms with van der Waals surface area (Å²) in [5.41, 5.74) is 0.0811. The van der Waals surface area contributed by atoms with Crippen LogP contribution in [0.2, 0.25) is 0 Å². The molecule has 0 radical (unpaired) electrons. The van der Waals surface area contributed by atoms with Crippen molar-refractivity contribution in [3.63, 3.8) is 0 Å². The zero-order chi connectivity index (χ0) is 28.0. The molecule has 0 saturated carbocycles. The van der Waals surface area contributed by atoms with E-state index in [2.05, 4.69) is 29.2 Å². The van der Waals surface area contributed by atoms with E-state index in [-0.39, 0.29) is 18.4 Å². The van der Waals surface area contributed by atoms with Crippen LogP contribution in [-0.4, -0.2) is 71.5 Å². The molecule has 1 atom stereocenters. The van der Waals surface area contributed by atoms with Gasteiger partial charge in [-0.05, 0) is 55.1 Å². The third-order valence-corrected chi connectivity index (χ3v) is 7.86. The first kappa shape index (κ1) is 27.7. The van der Waals surface area contributed by atoms with Crippen molar-refractivity contribution < 1.29 is 29.3 Å². The van der Waals surface area contributed by atoms with Gasteiger partial charge in [-0.25, -0.2) is 9.59 Å². The molecule has 0 bridgehead atoms. The largest absolute Gasteiger partial charge is 0.493 e. The van der Waals surface area contributed by atoms with Crippen LogP contribution >= 0.6 is 0 Å². The van der Waals surface area contributed by atoms with Gasteiger partial charge < -0.3 is 24.6 Å². The fourth-order valence-electron chi connectivity index (χ4n) is 5.39. The Hall–Kier alpha value is -3.88. The highest BCUT2D eigenvalue weighted by Gasteiger charge is 2.42. The van der Waals surface area contributed by atoms with Gasteiger partial charge in [0.25, 0.3) is 0 Å². The van der Waals surface area contributed by atoms with Gasteiger partial charge in [0, 0.05) is 31.1 Å². The molecule has 2 heterocycles. The van der Waals surface area contributed by atoms with Gasteiger partial charge >= 0.3 is 12.1 Å². The number of esters is 1. The van der Waals surface area contributed by atoms with Crippen LogP contribution in [0.5, 0.6) is 5.75 Å². The first-order chi connectivity index (χ1) is 19.4. The van der Waals surface area contributed by atoms with Gasteiger partial charge in [0.2, 0.25) is 5.60 Å². The third-order valence-electron chi connectivity index (χ3n) is 7.86. The predicted octanol–water partition coefficient (Wildman–Crippen LogP) is 4.37. The van der Waals surface area contributed by atoms with Crippen LogP contribution < -0.4 is 4.74 Å². The van der Waals surface area contributed by atoms with Crippen molar-refractivity contribution in [3.05, 3.63) is 102 Å². The van der Waals surface area contributed by atoms with Crippen LogP contribution in [0.1, 0.15) is 29.5 Å². The Kier molecular flexibility index (Phi) is 8.67. The topological polar surface area (TPSA) is 99.5 Å². The van der Waals surface area contributed by atoms with Crippen molar-refractivity contribution in [1.82, 2.24) is 9.80 Å². The van der Waals surface area contributed by atoms with Crippen molar-refractivity contribution in [2.75, 3.05) is 39.4 Å². The molecule has 8 heteroatoms. The van der Waals surface area contributed by atoms with Crippen molar-refractivity contribution in [1.29, 1.82) is 0 Å². The van der Waals surface area contributed by atoms with E-state index in [1.807, 2.05) is 12.1 Å². The molecule has 2 aliphatic heterocycles. The predicted molar refractivity (Wildman–Crippen MR) is 150 cm³/mol. The van der Waals surface area contributed by atoms with Crippen molar-refractivity contribution in [2.24, 2.45) is 11.8 Å². The fraction of sp³-hybridized carbons (Fsp3) is 0.375.